The number of ether oxygens (including phenoxy) is 1. The molecule has 0 aliphatic heterocycles. The number of hydrogen-bond donors (Lipinski definition) is 0. The van der Waals surface area contributed by atoms with Crippen molar-refractivity contribution in [3.63, 3.8) is 0 Å². The van der Waals surface area contributed by atoms with Gasteiger partial charge in [0.05, 0.1) is 29.7 Å². The number of carbonyl (C=O) groups excluding carboxylic acids is 1. The van der Waals surface area contributed by atoms with E-state index in [0.29, 0.717) is 4.68 Å². The van der Waals surface area contributed by atoms with Crippen molar-refractivity contribution in [2.24, 2.45) is 0 Å². The molecule has 0 radical (unpaired) electrons. The van der Waals surface area contributed by atoms with Gasteiger partial charge in [0.25, 0.3) is 0 Å². The highest BCUT2D eigenvalue weighted by atomic mass is 19.4. The molecular formula is C25H26F6N4O2. The summed E-state index contributed by atoms with van der Waals surface area (Å²) in [5, 5.41) is 7.08. The average molecular weight is 528 g/mol. The first-order valence-corrected chi connectivity index (χ1v) is 11.3. The highest BCUT2D eigenvalue weighted by molar-refractivity contribution is 5.82. The van der Waals surface area contributed by atoms with E-state index in [4.69, 9.17) is 0 Å². The Morgan fingerprint density at radius 1 is 0.946 bits per heavy atom. The number of pyridine rings is 1. The van der Waals surface area contributed by atoms with E-state index < -0.39 is 31.4 Å². The van der Waals surface area contributed by atoms with Gasteiger partial charge in [-0.3, -0.25) is 9.78 Å². The predicted octanol–water partition coefficient (Wildman–Crippen LogP) is 5.81. The largest absolute Gasteiger partial charge is 0.483 e. The molecule has 2 heterocycles. The van der Waals surface area contributed by atoms with Crippen LogP contribution in [0.1, 0.15) is 55.6 Å². The van der Waals surface area contributed by atoms with E-state index in [2.05, 4.69) is 40.8 Å². The first-order valence-electron chi connectivity index (χ1n) is 11.3. The third-order valence-electron chi connectivity index (χ3n) is 5.51. The zero-order valence-corrected chi connectivity index (χ0v) is 20.4. The van der Waals surface area contributed by atoms with E-state index in [1.54, 1.807) is 0 Å². The van der Waals surface area contributed by atoms with Crippen molar-refractivity contribution >= 4 is 5.78 Å². The van der Waals surface area contributed by atoms with Crippen LogP contribution in [0.15, 0.2) is 48.8 Å². The molecule has 6 nitrogen and oxygen atoms in total. The third-order valence-corrected chi connectivity index (χ3v) is 5.51. The Labute approximate surface area is 209 Å². The number of carbonyl (C=O) groups is 1. The number of ketones is 1. The summed E-state index contributed by atoms with van der Waals surface area (Å²) in [4.78, 5) is 17.1. The molecule has 0 spiro atoms. The lowest BCUT2D eigenvalue weighted by atomic mass is 9.86. The number of benzene rings is 1. The standard InChI is InChI=1S/C25H26F6N4O2/c1-23(2,3)17-6-4-16(5-7-17)10-18(36)11-20(22-13-33-34-35(22)14-24(26,27)28)21-9-8-19(12-32-21)37-15-25(29,30)31/h4-9,12-13,20H,10-11,14-15H2,1-3H3/t20-/m0/s1. The second-order valence-corrected chi connectivity index (χ2v) is 9.67. The second kappa shape index (κ2) is 10.9. The topological polar surface area (TPSA) is 69.9 Å². The molecule has 200 valence electrons. The highest BCUT2D eigenvalue weighted by Gasteiger charge is 2.33. The van der Waals surface area contributed by atoms with E-state index in [9.17, 15) is 31.1 Å². The van der Waals surface area contributed by atoms with Crippen molar-refractivity contribution in [3.8, 4) is 5.75 Å². The van der Waals surface area contributed by atoms with Gasteiger partial charge in [0.2, 0.25) is 0 Å². The summed E-state index contributed by atoms with van der Waals surface area (Å²) in [6.07, 6.45) is -7.17. The van der Waals surface area contributed by atoms with Crippen LogP contribution < -0.4 is 4.74 Å². The maximum absolute atomic E-state index is 13.1. The minimum absolute atomic E-state index is 0.00483. The Bertz CT molecular complexity index is 1180. The average Bonchev–Trinajstić information content (AvgIpc) is 3.22. The number of Topliss-reactive ketones (excluding diaryl/α,β-unsaturated/α-hetero) is 1. The van der Waals surface area contributed by atoms with Crippen LogP contribution in [0, 0.1) is 0 Å². The fourth-order valence-corrected chi connectivity index (χ4v) is 3.69. The molecule has 0 fully saturated rings. The van der Waals surface area contributed by atoms with E-state index >= 15 is 0 Å². The minimum Gasteiger partial charge on any atom is -0.483 e. The molecule has 0 saturated carbocycles. The summed E-state index contributed by atoms with van der Waals surface area (Å²) in [5.41, 5.74) is 1.93. The second-order valence-electron chi connectivity index (χ2n) is 9.67. The van der Waals surface area contributed by atoms with Gasteiger partial charge >= 0.3 is 12.4 Å². The van der Waals surface area contributed by atoms with Crippen LogP contribution in [0.25, 0.3) is 0 Å². The molecule has 0 aliphatic rings. The van der Waals surface area contributed by atoms with Crippen LogP contribution in [-0.2, 0) is 23.2 Å². The third kappa shape index (κ3) is 8.57. The van der Waals surface area contributed by atoms with Gasteiger partial charge in [-0.1, -0.05) is 50.3 Å². The Morgan fingerprint density at radius 2 is 1.62 bits per heavy atom. The van der Waals surface area contributed by atoms with Gasteiger partial charge in [0, 0.05) is 12.8 Å². The number of nitrogens with zero attached hydrogens (tertiary/aromatic N) is 4. The molecule has 3 rings (SSSR count). The molecule has 0 unspecified atom stereocenters. The smallest absolute Gasteiger partial charge is 0.422 e. The zero-order chi connectivity index (χ0) is 27.4. The molecule has 12 heteroatoms. The van der Waals surface area contributed by atoms with Crippen LogP contribution in [0.5, 0.6) is 5.75 Å². The van der Waals surface area contributed by atoms with Crippen LogP contribution in [0.3, 0.4) is 0 Å². The van der Waals surface area contributed by atoms with Gasteiger partial charge in [0.15, 0.2) is 6.61 Å². The summed E-state index contributed by atoms with van der Waals surface area (Å²) in [6, 6.07) is 10.0. The Kier molecular flexibility index (Phi) is 8.28. The highest BCUT2D eigenvalue weighted by Crippen LogP contribution is 2.30. The molecule has 1 aromatic carbocycles. The molecule has 0 bridgehead atoms. The van der Waals surface area contributed by atoms with Gasteiger partial charge < -0.3 is 4.74 Å². The van der Waals surface area contributed by atoms with Crippen LogP contribution in [-0.4, -0.2) is 44.7 Å². The van der Waals surface area contributed by atoms with E-state index in [-0.39, 0.29) is 41.2 Å². The molecule has 37 heavy (non-hydrogen) atoms. The Morgan fingerprint density at radius 3 is 2.16 bits per heavy atom. The first-order chi connectivity index (χ1) is 17.1. The summed E-state index contributed by atoms with van der Waals surface area (Å²) in [6.45, 7) is 3.23. The SMILES string of the molecule is CC(C)(C)c1ccc(CC(=O)C[C@@H](c2ccc(OCC(F)(F)F)cn2)c2cnnn2CC(F)(F)F)cc1. The summed E-state index contributed by atoms with van der Waals surface area (Å²) in [5.74, 6) is -1.41. The van der Waals surface area contributed by atoms with Gasteiger partial charge in [-0.2, -0.15) is 26.3 Å². The maximum atomic E-state index is 13.1. The summed E-state index contributed by atoms with van der Waals surface area (Å²) >= 11 is 0. The Hall–Kier alpha value is -3.44. The molecule has 0 N–H and O–H groups in total. The quantitative estimate of drug-likeness (QED) is 0.328. The predicted molar refractivity (Wildman–Crippen MR) is 122 cm³/mol. The van der Waals surface area contributed by atoms with Crippen molar-refractivity contribution in [1.29, 1.82) is 0 Å². The van der Waals surface area contributed by atoms with Crippen molar-refractivity contribution in [2.45, 2.75) is 63.8 Å². The number of halogens is 6. The molecule has 1 atom stereocenters. The number of hydrogen-bond acceptors (Lipinski definition) is 5. The maximum Gasteiger partial charge on any atom is 0.422 e. The monoisotopic (exact) mass is 528 g/mol. The lowest BCUT2D eigenvalue weighted by Crippen LogP contribution is -2.23. The number of alkyl halides is 6. The van der Waals surface area contributed by atoms with Crippen molar-refractivity contribution in [1.82, 2.24) is 20.0 Å². The lowest BCUT2D eigenvalue weighted by molar-refractivity contribution is -0.153. The lowest BCUT2D eigenvalue weighted by Gasteiger charge is -2.20. The molecule has 0 amide bonds. The fraction of sp³-hybridized carbons (Fsp3) is 0.440. The fourth-order valence-electron chi connectivity index (χ4n) is 3.69. The number of aromatic nitrogens is 4. The minimum atomic E-state index is -4.59. The normalized spacial score (nSPS) is 13.4. The van der Waals surface area contributed by atoms with Crippen molar-refractivity contribution in [3.05, 3.63) is 71.3 Å². The number of rotatable bonds is 9. The molecule has 2 aromatic heterocycles. The van der Waals surface area contributed by atoms with Gasteiger partial charge in [-0.05, 0) is 28.7 Å². The first kappa shape index (κ1) is 28.1. The van der Waals surface area contributed by atoms with Crippen molar-refractivity contribution < 1.29 is 35.9 Å². The van der Waals surface area contributed by atoms with Gasteiger partial charge in [-0.15, -0.1) is 5.10 Å². The Balaban J connectivity index is 1.84. The molecule has 3 aromatic rings. The summed E-state index contributed by atoms with van der Waals surface area (Å²) < 4.78 is 81.8. The van der Waals surface area contributed by atoms with Crippen molar-refractivity contribution in [2.75, 3.05) is 6.61 Å². The van der Waals surface area contributed by atoms with E-state index in [0.717, 1.165) is 23.5 Å². The van der Waals surface area contributed by atoms with Crippen LogP contribution in [0.2, 0.25) is 0 Å². The van der Waals surface area contributed by atoms with Crippen LogP contribution in [0.4, 0.5) is 26.3 Å². The molecule has 0 saturated heterocycles. The summed E-state index contributed by atoms with van der Waals surface area (Å²) in [7, 11) is 0. The van der Waals surface area contributed by atoms with Gasteiger partial charge in [0.1, 0.15) is 18.1 Å². The van der Waals surface area contributed by atoms with Crippen LogP contribution >= 0.6 is 0 Å². The van der Waals surface area contributed by atoms with E-state index in [1.165, 1.54) is 12.1 Å². The van der Waals surface area contributed by atoms with Gasteiger partial charge in [-0.25, -0.2) is 4.68 Å². The van der Waals surface area contributed by atoms with E-state index in [1.807, 2.05) is 24.3 Å². The molecule has 0 aliphatic carbocycles. The zero-order valence-electron chi connectivity index (χ0n) is 20.4. The molecular weight excluding hydrogens is 502 g/mol.